The molecular weight excluding hydrogens is 596 g/mol. The molecule has 0 aromatic heterocycles. The zero-order valence-electron chi connectivity index (χ0n) is 29.9. The molecule has 1 aromatic rings. The van der Waals surface area contributed by atoms with Crippen molar-refractivity contribution in [2.45, 2.75) is 148 Å². The third kappa shape index (κ3) is 15.5. The summed E-state index contributed by atoms with van der Waals surface area (Å²) in [5, 5.41) is 23.0. The van der Waals surface area contributed by atoms with Gasteiger partial charge in [0.25, 0.3) is 0 Å². The van der Waals surface area contributed by atoms with Crippen molar-refractivity contribution >= 4 is 23.8 Å². The maximum atomic E-state index is 14.0. The molecule has 1 aliphatic carbocycles. The Kier molecular flexibility index (Phi) is 17.3. The summed E-state index contributed by atoms with van der Waals surface area (Å²) >= 11 is 0. The molecule has 5 N–H and O–H groups in total. The Balaban J connectivity index is 2.29. The molecule has 0 radical (unpaired) electrons. The van der Waals surface area contributed by atoms with Crippen molar-refractivity contribution in [3.8, 4) is 0 Å². The SMILES string of the molecule is CCCCC(NC(=O)C(Cc1ccccc1)NC(=O)OC(C)(C)C)C(=O)N[C@@H](CC1CCCCC1)[C@@H](O)C[C@@H](CC(C)C)C(=O)NC. The molecule has 4 amide bonds. The summed E-state index contributed by atoms with van der Waals surface area (Å²) in [6.45, 7) is 11.4. The number of hydrogen-bond acceptors (Lipinski definition) is 6. The number of benzene rings is 1. The highest BCUT2D eigenvalue weighted by Crippen LogP contribution is 2.29. The second-order valence-corrected chi connectivity index (χ2v) is 14.7. The lowest BCUT2D eigenvalue weighted by Gasteiger charge is -2.33. The van der Waals surface area contributed by atoms with Crippen LogP contribution in [0.5, 0.6) is 0 Å². The fraction of sp³-hybridized carbons (Fsp3) is 0.730. The Labute approximate surface area is 282 Å². The first-order valence-electron chi connectivity index (χ1n) is 17.8. The van der Waals surface area contributed by atoms with Gasteiger partial charge in [0.15, 0.2) is 0 Å². The van der Waals surface area contributed by atoms with Crippen LogP contribution in [-0.2, 0) is 25.5 Å². The van der Waals surface area contributed by atoms with E-state index in [4.69, 9.17) is 4.74 Å². The monoisotopic (exact) mass is 658 g/mol. The van der Waals surface area contributed by atoms with Gasteiger partial charge in [-0.1, -0.05) is 96.0 Å². The normalized spacial score (nSPS) is 17.1. The van der Waals surface area contributed by atoms with Crippen LogP contribution in [0.1, 0.15) is 118 Å². The van der Waals surface area contributed by atoms with Crippen molar-refractivity contribution in [2.24, 2.45) is 17.8 Å². The molecule has 0 aliphatic heterocycles. The average Bonchev–Trinajstić information content (AvgIpc) is 3.01. The Morgan fingerprint density at radius 1 is 0.894 bits per heavy atom. The molecule has 2 rings (SSSR count). The van der Waals surface area contributed by atoms with Crippen LogP contribution in [0.4, 0.5) is 4.79 Å². The molecule has 1 aliphatic rings. The van der Waals surface area contributed by atoms with Crippen molar-refractivity contribution in [2.75, 3.05) is 7.05 Å². The summed E-state index contributed by atoms with van der Waals surface area (Å²) < 4.78 is 5.44. The summed E-state index contributed by atoms with van der Waals surface area (Å²) in [5.74, 6) is -0.726. The highest BCUT2D eigenvalue weighted by molar-refractivity contribution is 5.91. The van der Waals surface area contributed by atoms with E-state index in [0.717, 1.165) is 37.7 Å². The number of hydrogen-bond donors (Lipinski definition) is 5. The minimum Gasteiger partial charge on any atom is -0.444 e. The zero-order chi connectivity index (χ0) is 35.0. The molecule has 0 bridgehead atoms. The average molecular weight is 659 g/mol. The fourth-order valence-corrected chi connectivity index (χ4v) is 6.37. The minimum absolute atomic E-state index is 0.115. The number of carbonyl (C=O) groups is 4. The van der Waals surface area contributed by atoms with E-state index >= 15 is 0 Å². The predicted octanol–water partition coefficient (Wildman–Crippen LogP) is 5.41. The number of carbonyl (C=O) groups excluding carboxylic acids is 4. The molecule has 1 saturated carbocycles. The van der Waals surface area contributed by atoms with Crippen LogP contribution in [0, 0.1) is 17.8 Å². The summed E-state index contributed by atoms with van der Waals surface area (Å²) in [4.78, 5) is 53.2. The summed E-state index contributed by atoms with van der Waals surface area (Å²) in [6.07, 6.45) is 7.48. The molecule has 1 fully saturated rings. The van der Waals surface area contributed by atoms with Crippen LogP contribution in [0.2, 0.25) is 0 Å². The largest absolute Gasteiger partial charge is 0.444 e. The van der Waals surface area contributed by atoms with Crippen LogP contribution in [-0.4, -0.2) is 65.8 Å². The zero-order valence-corrected chi connectivity index (χ0v) is 29.9. The van der Waals surface area contributed by atoms with Gasteiger partial charge in [-0.15, -0.1) is 0 Å². The van der Waals surface area contributed by atoms with E-state index in [-0.39, 0.29) is 36.5 Å². The molecule has 10 nitrogen and oxygen atoms in total. The first-order valence-corrected chi connectivity index (χ1v) is 17.8. The van der Waals surface area contributed by atoms with Gasteiger partial charge in [-0.25, -0.2) is 4.79 Å². The molecule has 0 saturated heterocycles. The second-order valence-electron chi connectivity index (χ2n) is 14.7. The predicted molar refractivity (Wildman–Crippen MR) is 186 cm³/mol. The molecule has 266 valence electrons. The van der Waals surface area contributed by atoms with E-state index in [1.54, 1.807) is 27.8 Å². The number of nitrogens with one attached hydrogen (secondary N) is 4. The van der Waals surface area contributed by atoms with E-state index in [1.807, 2.05) is 51.1 Å². The summed E-state index contributed by atoms with van der Waals surface area (Å²) in [5.41, 5.74) is 0.0997. The van der Waals surface area contributed by atoms with Crippen molar-refractivity contribution < 1.29 is 29.0 Å². The van der Waals surface area contributed by atoms with Crippen molar-refractivity contribution in [3.63, 3.8) is 0 Å². The minimum atomic E-state index is -0.975. The fourth-order valence-electron chi connectivity index (χ4n) is 6.37. The van der Waals surface area contributed by atoms with E-state index in [2.05, 4.69) is 21.3 Å². The van der Waals surface area contributed by atoms with Crippen LogP contribution in [0.25, 0.3) is 0 Å². The standard InChI is InChI=1S/C37H62N4O6/c1-8-9-20-29(39-35(45)31(23-27-18-14-11-15-19-27)41-36(46)47-37(4,5)6)34(44)40-30(22-26-16-12-10-13-17-26)32(42)24-28(21-25(2)3)33(43)38-7/h11,14-15,18-19,25-26,28-32,42H,8-10,12-13,16-17,20-24H2,1-7H3,(H,38,43)(H,39,45)(H,40,44)(H,41,46)/t28-,29?,30+,31?,32+/m1/s1. The molecular formula is C37H62N4O6. The third-order valence-electron chi connectivity index (χ3n) is 8.77. The highest BCUT2D eigenvalue weighted by Gasteiger charge is 2.34. The maximum absolute atomic E-state index is 14.0. The lowest BCUT2D eigenvalue weighted by molar-refractivity contribution is -0.131. The topological polar surface area (TPSA) is 146 Å². The van der Waals surface area contributed by atoms with Crippen molar-refractivity contribution in [3.05, 3.63) is 35.9 Å². The number of aliphatic hydroxyl groups excluding tert-OH is 1. The number of unbranched alkanes of at least 4 members (excludes halogenated alkanes) is 1. The van der Waals surface area contributed by atoms with E-state index in [1.165, 1.54) is 6.42 Å². The Bertz CT molecular complexity index is 1100. The van der Waals surface area contributed by atoms with Gasteiger partial charge in [0.1, 0.15) is 17.7 Å². The van der Waals surface area contributed by atoms with Crippen LogP contribution >= 0.6 is 0 Å². The smallest absolute Gasteiger partial charge is 0.408 e. The molecule has 47 heavy (non-hydrogen) atoms. The van der Waals surface area contributed by atoms with Gasteiger partial charge in [-0.2, -0.15) is 0 Å². The van der Waals surface area contributed by atoms with E-state index in [0.29, 0.717) is 31.6 Å². The maximum Gasteiger partial charge on any atom is 0.408 e. The summed E-state index contributed by atoms with van der Waals surface area (Å²) in [6, 6.07) is 6.95. The van der Waals surface area contributed by atoms with Gasteiger partial charge in [0.2, 0.25) is 17.7 Å². The van der Waals surface area contributed by atoms with Crippen LogP contribution in [0.3, 0.4) is 0 Å². The molecule has 1 aromatic carbocycles. The number of ether oxygens (including phenoxy) is 1. The molecule has 0 spiro atoms. The quantitative estimate of drug-likeness (QED) is 0.143. The number of alkyl carbamates (subject to hydrolysis) is 1. The van der Waals surface area contributed by atoms with Crippen molar-refractivity contribution in [1.82, 2.24) is 21.3 Å². The van der Waals surface area contributed by atoms with Gasteiger partial charge < -0.3 is 31.1 Å². The van der Waals surface area contributed by atoms with Gasteiger partial charge >= 0.3 is 6.09 Å². The number of rotatable bonds is 18. The van der Waals surface area contributed by atoms with Gasteiger partial charge in [0.05, 0.1) is 12.1 Å². The number of amides is 4. The third-order valence-corrected chi connectivity index (χ3v) is 8.77. The first-order chi connectivity index (χ1) is 22.2. The van der Waals surface area contributed by atoms with Crippen molar-refractivity contribution in [1.29, 1.82) is 0 Å². The number of aliphatic hydroxyl groups is 1. The Morgan fingerprint density at radius 2 is 1.53 bits per heavy atom. The molecule has 0 heterocycles. The van der Waals surface area contributed by atoms with Gasteiger partial charge in [-0.05, 0) is 63.9 Å². The highest BCUT2D eigenvalue weighted by atomic mass is 16.6. The van der Waals surface area contributed by atoms with Gasteiger partial charge in [-0.3, -0.25) is 14.4 Å². The van der Waals surface area contributed by atoms with Crippen LogP contribution in [0.15, 0.2) is 30.3 Å². The summed E-state index contributed by atoms with van der Waals surface area (Å²) in [7, 11) is 1.60. The lowest BCUT2D eigenvalue weighted by Crippen LogP contribution is -2.57. The molecule has 5 atom stereocenters. The second kappa shape index (κ2) is 20.3. The van der Waals surface area contributed by atoms with E-state index < -0.39 is 41.8 Å². The first kappa shape index (κ1) is 40.0. The van der Waals surface area contributed by atoms with Crippen LogP contribution < -0.4 is 21.3 Å². The van der Waals surface area contributed by atoms with E-state index in [9.17, 15) is 24.3 Å². The molecule has 2 unspecified atom stereocenters. The Hall–Kier alpha value is -3.14. The van der Waals surface area contributed by atoms with Gasteiger partial charge in [0, 0.05) is 19.4 Å². The molecule has 10 heteroatoms. The lowest BCUT2D eigenvalue weighted by atomic mass is 9.81. The Morgan fingerprint density at radius 3 is 2.11 bits per heavy atom.